The lowest BCUT2D eigenvalue weighted by atomic mass is 9.69. The van der Waals surface area contributed by atoms with Crippen LogP contribution in [0.2, 0.25) is 0 Å². The molecule has 1 amide bonds. The Labute approximate surface area is 162 Å². The molecule has 1 aromatic carbocycles. The molecule has 8 nitrogen and oxygen atoms in total. The second-order valence-electron chi connectivity index (χ2n) is 7.32. The summed E-state index contributed by atoms with van der Waals surface area (Å²) in [6, 6.07) is 6.39. The van der Waals surface area contributed by atoms with E-state index in [1.54, 1.807) is 25.1 Å². The lowest BCUT2D eigenvalue weighted by Gasteiger charge is -2.36. The van der Waals surface area contributed by atoms with Gasteiger partial charge in [-0.1, -0.05) is 31.0 Å². The molecule has 148 valence electrons. The van der Waals surface area contributed by atoms with Crippen molar-refractivity contribution in [3.8, 4) is 0 Å². The molecule has 0 bridgehead atoms. The van der Waals surface area contributed by atoms with Crippen LogP contribution < -0.4 is 5.73 Å². The lowest BCUT2D eigenvalue weighted by molar-refractivity contribution is -0.385. The summed E-state index contributed by atoms with van der Waals surface area (Å²) < 4.78 is 4.66. The Balaban J connectivity index is 2.20. The maximum atomic E-state index is 12.7. The number of allylic oxidation sites excluding steroid dienone is 1. The number of primary amides is 1. The predicted molar refractivity (Wildman–Crippen MR) is 103 cm³/mol. The molecule has 2 N–H and O–H groups in total. The molecule has 8 heteroatoms. The van der Waals surface area contributed by atoms with Gasteiger partial charge in [0.15, 0.2) is 0 Å². The highest BCUT2D eigenvalue weighted by Crippen LogP contribution is 2.48. The number of carbonyl (C=O) groups is 2. The van der Waals surface area contributed by atoms with Gasteiger partial charge in [-0.25, -0.2) is 9.59 Å². The van der Waals surface area contributed by atoms with E-state index in [-0.39, 0.29) is 23.1 Å². The van der Waals surface area contributed by atoms with Gasteiger partial charge in [0, 0.05) is 34.9 Å². The standard InChI is InChI=1S/C20H23N3O5/c1-11-16(13-7-3-4-8-13)18(14-9-5-6-10-15(14)23(26)27)17(12(2)22-11)19(24)28-20(21)25/h5-6,9-10,13,16,18H,3-4,7-8H2,1-2H3,(H2,21,25). The fraction of sp³-hybridized carbons (Fsp3) is 0.450. The highest BCUT2D eigenvalue weighted by Gasteiger charge is 2.44. The molecule has 2 aliphatic rings. The number of nitro groups is 1. The number of amides is 1. The Morgan fingerprint density at radius 2 is 1.86 bits per heavy atom. The molecule has 2 unspecified atom stereocenters. The minimum atomic E-state index is -1.21. The maximum absolute atomic E-state index is 12.7. The molecule has 28 heavy (non-hydrogen) atoms. The minimum Gasteiger partial charge on any atom is -0.373 e. The molecule has 1 heterocycles. The zero-order valence-corrected chi connectivity index (χ0v) is 15.9. The number of benzene rings is 1. The second kappa shape index (κ2) is 7.92. The van der Waals surface area contributed by atoms with Crippen molar-refractivity contribution in [2.75, 3.05) is 0 Å². The molecule has 3 rings (SSSR count). The number of carbonyl (C=O) groups excluding carboxylic acids is 2. The van der Waals surface area contributed by atoms with Crippen molar-refractivity contribution >= 4 is 23.5 Å². The number of hydrogen-bond acceptors (Lipinski definition) is 6. The summed E-state index contributed by atoms with van der Waals surface area (Å²) in [4.78, 5) is 39.7. The van der Waals surface area contributed by atoms with Crippen molar-refractivity contribution in [1.82, 2.24) is 0 Å². The van der Waals surface area contributed by atoms with Gasteiger partial charge in [-0.3, -0.25) is 15.1 Å². The average Bonchev–Trinajstić information content (AvgIpc) is 3.14. The highest BCUT2D eigenvalue weighted by molar-refractivity contribution is 6.01. The van der Waals surface area contributed by atoms with E-state index in [1.807, 2.05) is 6.92 Å². The molecule has 0 spiro atoms. The average molecular weight is 385 g/mol. The van der Waals surface area contributed by atoms with Gasteiger partial charge in [-0.05, 0) is 32.6 Å². The molecule has 2 atom stereocenters. The van der Waals surface area contributed by atoms with Gasteiger partial charge in [-0.2, -0.15) is 0 Å². The molecular formula is C20H23N3O5. The van der Waals surface area contributed by atoms with Gasteiger partial charge in [-0.15, -0.1) is 0 Å². The highest BCUT2D eigenvalue weighted by atomic mass is 16.6. The molecule has 0 radical (unpaired) electrons. The quantitative estimate of drug-likeness (QED) is 0.365. The third-order valence-electron chi connectivity index (χ3n) is 5.68. The molecule has 0 aromatic heterocycles. The summed E-state index contributed by atoms with van der Waals surface area (Å²) in [5, 5.41) is 11.7. The van der Waals surface area contributed by atoms with Crippen LogP contribution in [-0.2, 0) is 9.53 Å². The Hall–Kier alpha value is -3.03. The van der Waals surface area contributed by atoms with Crippen LogP contribution in [0, 0.1) is 22.0 Å². The van der Waals surface area contributed by atoms with E-state index in [0.717, 1.165) is 31.4 Å². The fourth-order valence-electron chi connectivity index (χ4n) is 4.66. The van der Waals surface area contributed by atoms with Crippen LogP contribution in [-0.4, -0.2) is 22.7 Å². The van der Waals surface area contributed by atoms with Gasteiger partial charge >= 0.3 is 12.1 Å². The van der Waals surface area contributed by atoms with Crippen molar-refractivity contribution in [1.29, 1.82) is 0 Å². The summed E-state index contributed by atoms with van der Waals surface area (Å²) in [5.41, 5.74) is 6.79. The van der Waals surface area contributed by atoms with E-state index in [2.05, 4.69) is 9.73 Å². The van der Waals surface area contributed by atoms with E-state index in [9.17, 15) is 19.7 Å². The zero-order valence-electron chi connectivity index (χ0n) is 15.9. The molecule has 1 aliphatic carbocycles. The van der Waals surface area contributed by atoms with Gasteiger partial charge in [0.25, 0.3) is 5.69 Å². The third kappa shape index (κ3) is 3.67. The van der Waals surface area contributed by atoms with Crippen LogP contribution in [0.3, 0.4) is 0 Å². The molecule has 1 aliphatic heterocycles. The van der Waals surface area contributed by atoms with E-state index < -0.39 is 22.9 Å². The number of hydrogen-bond donors (Lipinski definition) is 1. The monoisotopic (exact) mass is 385 g/mol. The van der Waals surface area contributed by atoms with Crippen molar-refractivity contribution in [3.63, 3.8) is 0 Å². The first kappa shape index (κ1) is 19.7. The van der Waals surface area contributed by atoms with Gasteiger partial charge in [0.05, 0.1) is 10.5 Å². The second-order valence-corrected chi connectivity index (χ2v) is 7.32. The summed E-state index contributed by atoms with van der Waals surface area (Å²) >= 11 is 0. The van der Waals surface area contributed by atoms with Crippen LogP contribution in [0.25, 0.3) is 0 Å². The minimum absolute atomic E-state index is 0.0672. The molecule has 0 saturated heterocycles. The zero-order chi connectivity index (χ0) is 20.4. The smallest absolute Gasteiger partial charge is 0.373 e. The normalized spacial score (nSPS) is 22.7. The van der Waals surface area contributed by atoms with Gasteiger partial charge in [0.1, 0.15) is 0 Å². The number of para-hydroxylation sites is 1. The molecule has 1 aromatic rings. The number of nitrogens with zero attached hydrogens (tertiary/aromatic N) is 2. The predicted octanol–water partition coefficient (Wildman–Crippen LogP) is 3.86. The Kier molecular flexibility index (Phi) is 5.58. The number of esters is 1. The first-order valence-corrected chi connectivity index (χ1v) is 9.32. The number of ether oxygens (including phenoxy) is 1. The van der Waals surface area contributed by atoms with Crippen molar-refractivity contribution < 1.29 is 19.2 Å². The van der Waals surface area contributed by atoms with Crippen LogP contribution in [0.15, 0.2) is 40.5 Å². The van der Waals surface area contributed by atoms with Crippen LogP contribution in [0.5, 0.6) is 0 Å². The van der Waals surface area contributed by atoms with E-state index >= 15 is 0 Å². The Morgan fingerprint density at radius 1 is 1.21 bits per heavy atom. The molecule has 1 saturated carbocycles. The number of aliphatic imine (C=N–C) groups is 1. The largest absolute Gasteiger partial charge is 0.412 e. The summed E-state index contributed by atoms with van der Waals surface area (Å²) in [6.07, 6.45) is 2.86. The van der Waals surface area contributed by atoms with E-state index in [1.165, 1.54) is 6.07 Å². The van der Waals surface area contributed by atoms with Gasteiger partial charge < -0.3 is 10.5 Å². The number of rotatable bonds is 4. The van der Waals surface area contributed by atoms with E-state index in [4.69, 9.17) is 5.73 Å². The van der Waals surface area contributed by atoms with Crippen molar-refractivity contribution in [2.45, 2.75) is 45.4 Å². The fourth-order valence-corrected chi connectivity index (χ4v) is 4.66. The van der Waals surface area contributed by atoms with Crippen molar-refractivity contribution in [2.24, 2.45) is 22.6 Å². The molecule has 1 fully saturated rings. The maximum Gasteiger partial charge on any atom is 0.412 e. The lowest BCUT2D eigenvalue weighted by Crippen LogP contribution is -2.35. The molecular weight excluding hydrogens is 362 g/mol. The van der Waals surface area contributed by atoms with Crippen LogP contribution >= 0.6 is 0 Å². The number of nitrogens with two attached hydrogens (primary N) is 1. The summed E-state index contributed by atoms with van der Waals surface area (Å²) in [6.45, 7) is 3.54. The van der Waals surface area contributed by atoms with E-state index in [0.29, 0.717) is 11.3 Å². The third-order valence-corrected chi connectivity index (χ3v) is 5.68. The Morgan fingerprint density at radius 3 is 2.46 bits per heavy atom. The SMILES string of the molecule is CC1=NC(C)=C(C(=O)OC(N)=O)C(c2ccccc2[N+](=O)[O-])C1C1CCCC1. The topological polar surface area (TPSA) is 125 Å². The van der Waals surface area contributed by atoms with Crippen LogP contribution in [0.1, 0.15) is 51.0 Å². The van der Waals surface area contributed by atoms with Crippen molar-refractivity contribution in [3.05, 3.63) is 51.2 Å². The Bertz CT molecular complexity index is 884. The first-order valence-electron chi connectivity index (χ1n) is 9.32. The summed E-state index contributed by atoms with van der Waals surface area (Å²) in [5.74, 6) is -1.44. The van der Waals surface area contributed by atoms with Gasteiger partial charge in [0.2, 0.25) is 0 Å². The van der Waals surface area contributed by atoms with Crippen LogP contribution in [0.4, 0.5) is 10.5 Å². The first-order chi connectivity index (χ1) is 13.3. The summed E-state index contributed by atoms with van der Waals surface area (Å²) in [7, 11) is 0. The number of nitro benzene ring substituents is 1.